The van der Waals surface area contributed by atoms with Crippen molar-refractivity contribution in [3.8, 4) is 11.5 Å². The smallest absolute Gasteiger partial charge is 0.265 e. The molecule has 1 amide bonds. The summed E-state index contributed by atoms with van der Waals surface area (Å²) in [4.78, 5) is 11.9. The van der Waals surface area contributed by atoms with Gasteiger partial charge in [-0.15, -0.1) is 0 Å². The standard InChI is InChI=1S/C15H14N2O3/c16-17-15(20)13(10-4-2-1-3-5-10)8-11-6-7-12(18)9-14(11)19/h1-9,18-19H,16H2,(H,17,20). The summed E-state index contributed by atoms with van der Waals surface area (Å²) < 4.78 is 0. The summed E-state index contributed by atoms with van der Waals surface area (Å²) in [7, 11) is 0. The number of aromatic hydroxyl groups is 2. The molecule has 2 rings (SSSR count). The van der Waals surface area contributed by atoms with E-state index in [2.05, 4.69) is 5.43 Å². The van der Waals surface area contributed by atoms with Crippen molar-refractivity contribution in [1.82, 2.24) is 5.43 Å². The van der Waals surface area contributed by atoms with Crippen LogP contribution in [0.4, 0.5) is 0 Å². The number of nitrogens with one attached hydrogen (secondary N) is 1. The largest absolute Gasteiger partial charge is 0.508 e. The van der Waals surface area contributed by atoms with Crippen LogP contribution in [0.1, 0.15) is 11.1 Å². The molecule has 0 aromatic heterocycles. The number of carbonyl (C=O) groups is 1. The van der Waals surface area contributed by atoms with Crippen LogP contribution in [-0.2, 0) is 4.79 Å². The number of phenols is 2. The lowest BCUT2D eigenvalue weighted by Crippen LogP contribution is -2.30. The molecule has 0 saturated heterocycles. The number of hydrazine groups is 1. The molecule has 0 saturated carbocycles. The molecule has 0 aliphatic heterocycles. The van der Waals surface area contributed by atoms with Crippen LogP contribution in [0.25, 0.3) is 11.6 Å². The van der Waals surface area contributed by atoms with Crippen molar-refractivity contribution in [3.63, 3.8) is 0 Å². The molecule has 0 unspecified atom stereocenters. The number of benzene rings is 2. The number of phenolic OH excluding ortho intramolecular Hbond substituents is 2. The summed E-state index contributed by atoms with van der Waals surface area (Å²) in [5.41, 5.74) is 3.47. The molecule has 5 heteroatoms. The summed E-state index contributed by atoms with van der Waals surface area (Å²) in [6.45, 7) is 0. The zero-order chi connectivity index (χ0) is 14.5. The number of rotatable bonds is 3. The third-order valence-electron chi connectivity index (χ3n) is 2.77. The van der Waals surface area contributed by atoms with Crippen molar-refractivity contribution in [2.45, 2.75) is 0 Å². The van der Waals surface area contributed by atoms with E-state index in [1.807, 2.05) is 6.07 Å². The quantitative estimate of drug-likeness (QED) is 0.224. The minimum Gasteiger partial charge on any atom is -0.508 e. The van der Waals surface area contributed by atoms with Crippen LogP contribution < -0.4 is 11.3 Å². The molecule has 0 heterocycles. The van der Waals surface area contributed by atoms with Crippen LogP contribution in [0, 0.1) is 0 Å². The third-order valence-corrected chi connectivity index (χ3v) is 2.77. The van der Waals surface area contributed by atoms with Gasteiger partial charge in [-0.05, 0) is 23.8 Å². The molecule has 0 atom stereocenters. The molecule has 0 radical (unpaired) electrons. The Morgan fingerprint density at radius 3 is 2.40 bits per heavy atom. The van der Waals surface area contributed by atoms with Gasteiger partial charge in [-0.1, -0.05) is 30.3 Å². The Balaban J connectivity index is 2.51. The van der Waals surface area contributed by atoms with Gasteiger partial charge in [-0.3, -0.25) is 10.2 Å². The van der Waals surface area contributed by atoms with E-state index in [1.165, 1.54) is 24.3 Å². The Kier molecular flexibility index (Phi) is 4.02. The Bertz CT molecular complexity index is 651. The minimum absolute atomic E-state index is 0.0517. The SMILES string of the molecule is NNC(=O)C(=Cc1ccc(O)cc1O)c1ccccc1. The lowest BCUT2D eigenvalue weighted by Gasteiger charge is -2.07. The van der Waals surface area contributed by atoms with E-state index in [4.69, 9.17) is 5.84 Å². The second-order valence-electron chi connectivity index (χ2n) is 4.14. The molecule has 0 fully saturated rings. The molecule has 20 heavy (non-hydrogen) atoms. The number of nitrogens with two attached hydrogens (primary N) is 1. The fraction of sp³-hybridized carbons (Fsp3) is 0. The number of carbonyl (C=O) groups excluding carboxylic acids is 1. The van der Waals surface area contributed by atoms with Crippen LogP contribution in [0.2, 0.25) is 0 Å². The zero-order valence-corrected chi connectivity index (χ0v) is 10.6. The number of amides is 1. The first kappa shape index (κ1) is 13.6. The van der Waals surface area contributed by atoms with E-state index in [0.29, 0.717) is 16.7 Å². The molecule has 0 bridgehead atoms. The fourth-order valence-corrected chi connectivity index (χ4v) is 1.79. The second kappa shape index (κ2) is 5.90. The van der Waals surface area contributed by atoms with E-state index < -0.39 is 5.91 Å². The Morgan fingerprint density at radius 1 is 1.10 bits per heavy atom. The molecule has 0 aliphatic carbocycles. The summed E-state index contributed by atoms with van der Waals surface area (Å²) in [5.74, 6) is 4.54. The van der Waals surface area contributed by atoms with Gasteiger partial charge < -0.3 is 10.2 Å². The molecular formula is C15H14N2O3. The normalized spacial score (nSPS) is 11.2. The first-order valence-corrected chi connectivity index (χ1v) is 5.92. The first-order chi connectivity index (χ1) is 9.61. The van der Waals surface area contributed by atoms with Gasteiger partial charge in [0.05, 0.1) is 0 Å². The molecule has 5 N–H and O–H groups in total. The van der Waals surface area contributed by atoms with E-state index in [0.717, 1.165) is 0 Å². The van der Waals surface area contributed by atoms with Gasteiger partial charge in [0.25, 0.3) is 5.91 Å². The fourth-order valence-electron chi connectivity index (χ4n) is 1.79. The van der Waals surface area contributed by atoms with E-state index in [-0.39, 0.29) is 11.5 Å². The maximum atomic E-state index is 11.9. The lowest BCUT2D eigenvalue weighted by atomic mass is 10.0. The van der Waals surface area contributed by atoms with Gasteiger partial charge in [0.1, 0.15) is 11.5 Å². The highest BCUT2D eigenvalue weighted by molar-refractivity contribution is 6.24. The Morgan fingerprint density at radius 2 is 1.80 bits per heavy atom. The summed E-state index contributed by atoms with van der Waals surface area (Å²) in [6.07, 6.45) is 1.51. The average Bonchev–Trinajstić information content (AvgIpc) is 2.46. The summed E-state index contributed by atoms with van der Waals surface area (Å²) in [6, 6.07) is 13.1. The second-order valence-corrected chi connectivity index (χ2v) is 4.14. The molecule has 2 aromatic carbocycles. The Labute approximate surface area is 116 Å². The summed E-state index contributed by atoms with van der Waals surface area (Å²) in [5, 5.41) is 19.0. The van der Waals surface area contributed by atoms with E-state index in [9.17, 15) is 15.0 Å². The highest BCUT2D eigenvalue weighted by Crippen LogP contribution is 2.27. The van der Waals surface area contributed by atoms with Crippen molar-refractivity contribution < 1.29 is 15.0 Å². The first-order valence-electron chi connectivity index (χ1n) is 5.92. The van der Waals surface area contributed by atoms with Crippen LogP contribution in [0.15, 0.2) is 48.5 Å². The maximum absolute atomic E-state index is 11.9. The van der Waals surface area contributed by atoms with Crippen molar-refractivity contribution in [2.75, 3.05) is 0 Å². The van der Waals surface area contributed by atoms with Crippen molar-refractivity contribution in [1.29, 1.82) is 0 Å². The monoisotopic (exact) mass is 270 g/mol. The van der Waals surface area contributed by atoms with Crippen molar-refractivity contribution in [2.24, 2.45) is 5.84 Å². The molecule has 0 aliphatic rings. The topological polar surface area (TPSA) is 95.6 Å². The Hall–Kier alpha value is -2.79. The van der Waals surface area contributed by atoms with Gasteiger partial charge >= 0.3 is 0 Å². The van der Waals surface area contributed by atoms with Crippen LogP contribution >= 0.6 is 0 Å². The predicted molar refractivity (Wildman–Crippen MR) is 76.4 cm³/mol. The van der Waals surface area contributed by atoms with Gasteiger partial charge in [0.15, 0.2) is 0 Å². The van der Waals surface area contributed by atoms with E-state index >= 15 is 0 Å². The van der Waals surface area contributed by atoms with Crippen LogP contribution in [0.3, 0.4) is 0 Å². The highest BCUT2D eigenvalue weighted by atomic mass is 16.3. The number of hydrogen-bond acceptors (Lipinski definition) is 4. The average molecular weight is 270 g/mol. The third kappa shape index (κ3) is 2.96. The summed E-state index contributed by atoms with van der Waals surface area (Å²) >= 11 is 0. The van der Waals surface area contributed by atoms with Gasteiger partial charge in [-0.25, -0.2) is 5.84 Å². The van der Waals surface area contributed by atoms with Crippen LogP contribution in [-0.4, -0.2) is 16.1 Å². The maximum Gasteiger partial charge on any atom is 0.265 e. The lowest BCUT2D eigenvalue weighted by molar-refractivity contribution is -0.115. The molecule has 5 nitrogen and oxygen atoms in total. The minimum atomic E-state index is -0.469. The van der Waals surface area contributed by atoms with Gasteiger partial charge in [-0.2, -0.15) is 0 Å². The molecule has 0 spiro atoms. The molecular weight excluding hydrogens is 256 g/mol. The zero-order valence-electron chi connectivity index (χ0n) is 10.6. The van der Waals surface area contributed by atoms with Crippen LogP contribution in [0.5, 0.6) is 11.5 Å². The molecule has 102 valence electrons. The van der Waals surface area contributed by atoms with Gasteiger partial charge in [0, 0.05) is 17.2 Å². The van der Waals surface area contributed by atoms with E-state index in [1.54, 1.807) is 24.3 Å². The number of hydrogen-bond donors (Lipinski definition) is 4. The molecule has 2 aromatic rings. The van der Waals surface area contributed by atoms with Gasteiger partial charge in [0.2, 0.25) is 0 Å². The highest BCUT2D eigenvalue weighted by Gasteiger charge is 2.11. The predicted octanol–water partition coefficient (Wildman–Crippen LogP) is 1.63. The van der Waals surface area contributed by atoms with Crippen molar-refractivity contribution in [3.05, 3.63) is 59.7 Å². The van der Waals surface area contributed by atoms with Crippen molar-refractivity contribution >= 4 is 17.6 Å².